The number of hydrogen-bond donors (Lipinski definition) is 0. The van der Waals surface area contributed by atoms with Gasteiger partial charge in [0.25, 0.3) is 0 Å². The van der Waals surface area contributed by atoms with E-state index in [9.17, 15) is 0 Å². The Labute approximate surface area is 179 Å². The molecule has 0 amide bonds. The Balaban J connectivity index is 1.73. The first-order valence-corrected chi connectivity index (χ1v) is 11.1. The van der Waals surface area contributed by atoms with Crippen molar-refractivity contribution < 1.29 is 4.74 Å². The zero-order valence-corrected chi connectivity index (χ0v) is 19.0. The average molecular weight is 407 g/mol. The molecule has 0 saturated heterocycles. The highest BCUT2D eigenvalue weighted by molar-refractivity contribution is 7.98. The summed E-state index contributed by atoms with van der Waals surface area (Å²) < 4.78 is 6.13. The van der Waals surface area contributed by atoms with Crippen LogP contribution in [0.5, 0.6) is 11.6 Å². The van der Waals surface area contributed by atoms with E-state index < -0.39 is 0 Å². The van der Waals surface area contributed by atoms with Crippen molar-refractivity contribution >= 4 is 11.8 Å². The van der Waals surface area contributed by atoms with Crippen molar-refractivity contribution in [3.05, 3.63) is 77.0 Å². The highest BCUT2D eigenvalue weighted by Crippen LogP contribution is 2.31. The number of nitrogens with zero attached hydrogens (tertiary/aromatic N) is 2. The van der Waals surface area contributed by atoms with E-state index in [4.69, 9.17) is 4.74 Å². The molecule has 0 aliphatic rings. The summed E-state index contributed by atoms with van der Waals surface area (Å²) in [5, 5.41) is 0.738. The van der Waals surface area contributed by atoms with Crippen LogP contribution in [0.3, 0.4) is 0 Å². The minimum Gasteiger partial charge on any atom is -0.439 e. The molecular formula is C25H30N2OS. The quantitative estimate of drug-likeness (QED) is 0.318. The van der Waals surface area contributed by atoms with Gasteiger partial charge in [-0.3, -0.25) is 0 Å². The first-order chi connectivity index (χ1) is 13.7. The number of aromatic nitrogens is 2. The number of aryl methyl sites for hydroxylation is 1. The molecule has 0 saturated carbocycles. The van der Waals surface area contributed by atoms with Crippen molar-refractivity contribution in [3.63, 3.8) is 0 Å². The Morgan fingerprint density at radius 3 is 2.31 bits per heavy atom. The molecule has 0 N–H and O–H groups in total. The molecule has 0 radical (unpaired) electrons. The second-order valence-electron chi connectivity index (χ2n) is 8.66. The fraction of sp³-hybridized carbons (Fsp3) is 0.360. The predicted molar refractivity (Wildman–Crippen MR) is 122 cm³/mol. The summed E-state index contributed by atoms with van der Waals surface area (Å²) in [5.74, 6) is 2.67. The number of benzene rings is 2. The van der Waals surface area contributed by atoms with Gasteiger partial charge in [-0.25, -0.2) is 4.98 Å². The van der Waals surface area contributed by atoms with Gasteiger partial charge in [0.2, 0.25) is 5.88 Å². The van der Waals surface area contributed by atoms with Crippen molar-refractivity contribution in [2.24, 2.45) is 0 Å². The van der Waals surface area contributed by atoms with Gasteiger partial charge in [-0.1, -0.05) is 88.8 Å². The molecule has 3 aromatic rings. The van der Waals surface area contributed by atoms with Crippen molar-refractivity contribution in [1.29, 1.82) is 0 Å². The van der Waals surface area contributed by atoms with Crippen LogP contribution < -0.4 is 4.74 Å². The molecule has 4 heteroatoms. The number of para-hydroxylation sites is 1. The summed E-state index contributed by atoms with van der Waals surface area (Å²) in [5.41, 5.74) is 4.86. The summed E-state index contributed by atoms with van der Waals surface area (Å²) in [7, 11) is 0. The maximum Gasteiger partial charge on any atom is 0.223 e. The Bertz CT molecular complexity index is 959. The van der Waals surface area contributed by atoms with Gasteiger partial charge in [0.1, 0.15) is 5.75 Å². The Hall–Kier alpha value is -2.33. The fourth-order valence-corrected chi connectivity index (χ4v) is 3.89. The molecule has 0 unspecified atom stereocenters. The summed E-state index contributed by atoms with van der Waals surface area (Å²) in [4.78, 5) is 9.21. The first-order valence-electron chi connectivity index (χ1n) is 10.1. The number of hydrogen-bond acceptors (Lipinski definition) is 4. The van der Waals surface area contributed by atoms with Crippen LogP contribution in [0.25, 0.3) is 0 Å². The van der Waals surface area contributed by atoms with Gasteiger partial charge >= 0.3 is 0 Å². The lowest BCUT2D eigenvalue weighted by atomic mass is 9.87. The topological polar surface area (TPSA) is 35.0 Å². The summed E-state index contributed by atoms with van der Waals surface area (Å²) in [6.07, 6.45) is 0. The molecule has 0 spiro atoms. The summed E-state index contributed by atoms with van der Waals surface area (Å²) in [6.45, 7) is 13.0. The largest absolute Gasteiger partial charge is 0.439 e. The number of rotatable bonds is 6. The zero-order chi connectivity index (χ0) is 21.0. The molecule has 29 heavy (non-hydrogen) atoms. The third kappa shape index (κ3) is 5.83. The van der Waals surface area contributed by atoms with E-state index >= 15 is 0 Å². The van der Waals surface area contributed by atoms with Gasteiger partial charge in [0, 0.05) is 17.5 Å². The van der Waals surface area contributed by atoms with E-state index in [1.807, 2.05) is 31.2 Å². The Morgan fingerprint density at radius 1 is 0.966 bits per heavy atom. The molecule has 0 aliphatic carbocycles. The molecule has 2 aromatic carbocycles. The molecule has 3 nitrogen and oxygen atoms in total. The maximum absolute atomic E-state index is 6.13. The van der Waals surface area contributed by atoms with E-state index in [0.29, 0.717) is 11.8 Å². The van der Waals surface area contributed by atoms with Gasteiger partial charge in [-0.05, 0) is 41.0 Å². The summed E-state index contributed by atoms with van der Waals surface area (Å²) >= 11 is 1.63. The van der Waals surface area contributed by atoms with Crippen LogP contribution in [0.4, 0.5) is 0 Å². The van der Waals surface area contributed by atoms with Gasteiger partial charge < -0.3 is 4.74 Å². The molecule has 0 aliphatic heterocycles. The average Bonchev–Trinajstić information content (AvgIpc) is 2.66. The van der Waals surface area contributed by atoms with Gasteiger partial charge in [0.15, 0.2) is 5.16 Å². The standard InChI is InChI=1S/C25H30N2OS/c1-17(2)21-9-7-8-10-22(21)28-23-15-18(3)26-24(27-23)29-16-19-11-13-20(14-12-19)25(4,5)6/h7-15,17H,16H2,1-6H3. The van der Waals surface area contributed by atoms with Crippen LogP contribution >= 0.6 is 11.8 Å². The highest BCUT2D eigenvalue weighted by Gasteiger charge is 2.13. The van der Waals surface area contributed by atoms with E-state index in [1.54, 1.807) is 11.8 Å². The van der Waals surface area contributed by atoms with Crippen molar-refractivity contribution in [2.75, 3.05) is 0 Å². The zero-order valence-electron chi connectivity index (χ0n) is 18.2. The van der Waals surface area contributed by atoms with Crippen LogP contribution in [0.1, 0.15) is 62.9 Å². The van der Waals surface area contributed by atoms with Gasteiger partial charge in [-0.15, -0.1) is 0 Å². The summed E-state index contributed by atoms with van der Waals surface area (Å²) in [6, 6.07) is 18.8. The van der Waals surface area contributed by atoms with E-state index in [2.05, 4.69) is 74.9 Å². The highest BCUT2D eigenvalue weighted by atomic mass is 32.2. The van der Waals surface area contributed by atoms with E-state index in [0.717, 1.165) is 22.4 Å². The van der Waals surface area contributed by atoms with Crippen LogP contribution in [-0.4, -0.2) is 9.97 Å². The maximum atomic E-state index is 6.13. The van der Waals surface area contributed by atoms with Crippen molar-refractivity contribution in [1.82, 2.24) is 9.97 Å². The van der Waals surface area contributed by atoms with Crippen LogP contribution in [0, 0.1) is 6.92 Å². The van der Waals surface area contributed by atoms with Crippen LogP contribution in [-0.2, 0) is 11.2 Å². The fourth-order valence-electron chi connectivity index (χ4n) is 3.04. The molecule has 0 atom stereocenters. The predicted octanol–water partition coefficient (Wildman–Crippen LogP) is 7.29. The monoisotopic (exact) mass is 406 g/mol. The van der Waals surface area contributed by atoms with Crippen molar-refractivity contribution in [2.45, 2.75) is 63.8 Å². The molecule has 1 heterocycles. The molecular weight excluding hydrogens is 376 g/mol. The number of thioether (sulfide) groups is 1. The minimum absolute atomic E-state index is 0.170. The second kappa shape index (κ2) is 9.00. The Kier molecular flexibility index (Phi) is 6.63. The van der Waals surface area contributed by atoms with Crippen LogP contribution in [0.2, 0.25) is 0 Å². The molecule has 0 bridgehead atoms. The van der Waals surface area contributed by atoms with Gasteiger partial charge in [0.05, 0.1) is 0 Å². The minimum atomic E-state index is 0.170. The SMILES string of the molecule is Cc1cc(Oc2ccccc2C(C)C)nc(SCc2ccc(C(C)(C)C)cc2)n1. The van der Waals surface area contributed by atoms with Crippen molar-refractivity contribution in [3.8, 4) is 11.6 Å². The van der Waals surface area contributed by atoms with E-state index in [-0.39, 0.29) is 5.41 Å². The lowest BCUT2D eigenvalue weighted by Gasteiger charge is -2.19. The normalized spacial score (nSPS) is 11.7. The molecule has 3 rings (SSSR count). The van der Waals surface area contributed by atoms with Gasteiger partial charge in [-0.2, -0.15) is 4.98 Å². The Morgan fingerprint density at radius 2 is 1.66 bits per heavy atom. The smallest absolute Gasteiger partial charge is 0.223 e. The molecule has 152 valence electrons. The van der Waals surface area contributed by atoms with E-state index in [1.165, 1.54) is 16.7 Å². The molecule has 1 aromatic heterocycles. The first kappa shape index (κ1) is 21.4. The third-order valence-corrected chi connectivity index (χ3v) is 5.67. The lowest BCUT2D eigenvalue weighted by Crippen LogP contribution is -2.10. The lowest BCUT2D eigenvalue weighted by molar-refractivity contribution is 0.446. The third-order valence-electron chi connectivity index (χ3n) is 4.75. The number of ether oxygens (including phenoxy) is 1. The second-order valence-corrected chi connectivity index (χ2v) is 9.60. The molecule has 0 fully saturated rings. The van der Waals surface area contributed by atoms with Crippen LogP contribution in [0.15, 0.2) is 59.8 Å².